The van der Waals surface area contributed by atoms with Gasteiger partial charge in [0.15, 0.2) is 11.1 Å². The highest BCUT2D eigenvalue weighted by Gasteiger charge is 2.21. The third-order valence-corrected chi connectivity index (χ3v) is 5.40. The minimum absolute atomic E-state index is 0.214. The molecule has 1 saturated heterocycles. The van der Waals surface area contributed by atoms with Crippen molar-refractivity contribution in [3.05, 3.63) is 47.2 Å². The summed E-state index contributed by atoms with van der Waals surface area (Å²) in [6, 6.07) is 6.03. The molecule has 2 aromatic rings. The molecule has 144 valence electrons. The summed E-state index contributed by atoms with van der Waals surface area (Å²) in [4.78, 5) is 24.7. The van der Waals surface area contributed by atoms with Crippen molar-refractivity contribution in [2.75, 3.05) is 37.6 Å². The van der Waals surface area contributed by atoms with E-state index in [9.17, 15) is 9.18 Å². The number of benzene rings is 1. The zero-order valence-electron chi connectivity index (χ0n) is 14.9. The second-order valence-corrected chi connectivity index (χ2v) is 7.29. The zero-order valence-corrected chi connectivity index (χ0v) is 15.7. The fourth-order valence-corrected chi connectivity index (χ4v) is 3.66. The van der Waals surface area contributed by atoms with Gasteiger partial charge in [0.2, 0.25) is 5.91 Å². The van der Waals surface area contributed by atoms with Gasteiger partial charge in [-0.15, -0.1) is 11.3 Å². The van der Waals surface area contributed by atoms with Crippen LogP contribution in [0.3, 0.4) is 0 Å². The van der Waals surface area contributed by atoms with Crippen LogP contribution in [-0.4, -0.2) is 54.5 Å². The number of carbonyl (C=O) groups is 1. The van der Waals surface area contributed by atoms with Gasteiger partial charge in [0, 0.05) is 37.8 Å². The lowest BCUT2D eigenvalue weighted by Crippen LogP contribution is -2.51. The number of hydrogen-bond donors (Lipinski definition) is 2. The number of nitrogens with zero attached hydrogens (tertiary/aromatic N) is 4. The third-order valence-electron chi connectivity index (χ3n) is 4.56. The highest BCUT2D eigenvalue weighted by molar-refractivity contribution is 7.13. The molecule has 1 atom stereocenters. The molecule has 27 heavy (non-hydrogen) atoms. The largest absolute Gasteiger partial charge is 0.370 e. The summed E-state index contributed by atoms with van der Waals surface area (Å²) in [5.41, 5.74) is 12.5. The van der Waals surface area contributed by atoms with Gasteiger partial charge < -0.3 is 21.3 Å². The van der Waals surface area contributed by atoms with E-state index in [1.54, 1.807) is 29.7 Å². The van der Waals surface area contributed by atoms with Crippen LogP contribution in [0.2, 0.25) is 0 Å². The Labute approximate surface area is 161 Å². The number of halogens is 1. The summed E-state index contributed by atoms with van der Waals surface area (Å²) in [5.74, 6) is -0.817. The minimum Gasteiger partial charge on any atom is -0.370 e. The van der Waals surface area contributed by atoms with Crippen LogP contribution in [0.4, 0.5) is 9.52 Å². The molecule has 0 saturated carbocycles. The number of hydrogen-bond acceptors (Lipinski definition) is 5. The number of primary amides is 1. The SMILES string of the molecule is NC(=O)C(CN=C(N)N1CCN(c2nccs2)CC1)Cc1ccc(F)cc1. The van der Waals surface area contributed by atoms with Crippen LogP contribution in [0.25, 0.3) is 0 Å². The van der Waals surface area contributed by atoms with Crippen LogP contribution in [0, 0.1) is 11.7 Å². The maximum Gasteiger partial charge on any atom is 0.222 e. The van der Waals surface area contributed by atoms with Crippen molar-refractivity contribution in [2.24, 2.45) is 22.4 Å². The molecular formula is C18H23FN6OS. The normalized spacial score (nSPS) is 16.4. The molecule has 1 aliphatic rings. The molecule has 9 heteroatoms. The number of aliphatic imine (C=N–C) groups is 1. The lowest BCUT2D eigenvalue weighted by Gasteiger charge is -2.35. The molecule has 0 bridgehead atoms. The fraction of sp³-hybridized carbons (Fsp3) is 0.389. The topological polar surface area (TPSA) is 101 Å². The number of piperazine rings is 1. The van der Waals surface area contributed by atoms with E-state index in [0.717, 1.165) is 36.9 Å². The van der Waals surface area contributed by atoms with Crippen LogP contribution in [0.1, 0.15) is 5.56 Å². The van der Waals surface area contributed by atoms with Crippen LogP contribution in [-0.2, 0) is 11.2 Å². The van der Waals surface area contributed by atoms with E-state index < -0.39 is 11.8 Å². The monoisotopic (exact) mass is 390 g/mol. The van der Waals surface area contributed by atoms with E-state index >= 15 is 0 Å². The average Bonchev–Trinajstić information content (AvgIpc) is 3.21. The number of rotatable bonds is 6. The van der Waals surface area contributed by atoms with Gasteiger partial charge >= 0.3 is 0 Å². The molecule has 0 radical (unpaired) electrons. The summed E-state index contributed by atoms with van der Waals surface area (Å²) in [6.45, 7) is 3.34. The molecule has 0 aliphatic carbocycles. The maximum absolute atomic E-state index is 13.0. The molecule has 1 amide bonds. The van der Waals surface area contributed by atoms with Crippen molar-refractivity contribution in [3.8, 4) is 0 Å². The van der Waals surface area contributed by atoms with Crippen molar-refractivity contribution in [3.63, 3.8) is 0 Å². The van der Waals surface area contributed by atoms with Crippen molar-refractivity contribution >= 4 is 28.3 Å². The lowest BCUT2D eigenvalue weighted by molar-refractivity contribution is -0.121. The molecular weight excluding hydrogens is 367 g/mol. The Kier molecular flexibility index (Phi) is 6.23. The zero-order chi connectivity index (χ0) is 19.2. The molecule has 1 aromatic carbocycles. The molecule has 0 spiro atoms. The van der Waals surface area contributed by atoms with Gasteiger partial charge in [-0.1, -0.05) is 12.1 Å². The molecule has 1 aliphatic heterocycles. The van der Waals surface area contributed by atoms with E-state index in [1.165, 1.54) is 12.1 Å². The van der Waals surface area contributed by atoms with Gasteiger partial charge in [-0.2, -0.15) is 0 Å². The number of amides is 1. The Bertz CT molecular complexity index is 772. The molecule has 1 unspecified atom stereocenters. The standard InChI is InChI=1S/C18H23FN6OS/c19-15-3-1-13(2-4-15)11-14(16(20)26)12-23-17(21)24-6-8-25(9-7-24)18-22-5-10-27-18/h1-5,10,14H,6-9,11-12H2,(H2,20,26)(H2,21,23). The Morgan fingerprint density at radius 2 is 1.93 bits per heavy atom. The van der Waals surface area contributed by atoms with E-state index in [-0.39, 0.29) is 12.4 Å². The van der Waals surface area contributed by atoms with Crippen molar-refractivity contribution < 1.29 is 9.18 Å². The summed E-state index contributed by atoms with van der Waals surface area (Å²) in [5, 5.41) is 2.97. The highest BCUT2D eigenvalue weighted by Crippen LogP contribution is 2.18. The predicted octanol–water partition coefficient (Wildman–Crippen LogP) is 1.06. The first kappa shape index (κ1) is 19.1. The summed E-state index contributed by atoms with van der Waals surface area (Å²) >= 11 is 1.62. The van der Waals surface area contributed by atoms with Crippen molar-refractivity contribution in [1.82, 2.24) is 9.88 Å². The Morgan fingerprint density at radius 3 is 2.52 bits per heavy atom. The summed E-state index contributed by atoms with van der Waals surface area (Å²) < 4.78 is 13.0. The smallest absolute Gasteiger partial charge is 0.222 e. The number of carbonyl (C=O) groups excluding carboxylic acids is 1. The van der Waals surface area contributed by atoms with Gasteiger partial charge in [0.25, 0.3) is 0 Å². The van der Waals surface area contributed by atoms with Crippen LogP contribution < -0.4 is 16.4 Å². The predicted molar refractivity (Wildman–Crippen MR) is 105 cm³/mol. The quantitative estimate of drug-likeness (QED) is 0.567. The highest BCUT2D eigenvalue weighted by atomic mass is 32.1. The third kappa shape index (κ3) is 5.16. The van der Waals surface area contributed by atoms with E-state index in [4.69, 9.17) is 11.5 Å². The number of thiazole rings is 1. The first-order chi connectivity index (χ1) is 13.0. The minimum atomic E-state index is -0.481. The van der Waals surface area contributed by atoms with Gasteiger partial charge in [-0.3, -0.25) is 9.79 Å². The van der Waals surface area contributed by atoms with Gasteiger partial charge in [-0.25, -0.2) is 9.37 Å². The molecule has 1 aromatic heterocycles. The van der Waals surface area contributed by atoms with Crippen LogP contribution in [0.5, 0.6) is 0 Å². The second-order valence-electron chi connectivity index (χ2n) is 6.42. The van der Waals surface area contributed by atoms with Crippen molar-refractivity contribution in [2.45, 2.75) is 6.42 Å². The van der Waals surface area contributed by atoms with Gasteiger partial charge in [-0.05, 0) is 24.1 Å². The molecule has 4 N–H and O–H groups in total. The Morgan fingerprint density at radius 1 is 1.22 bits per heavy atom. The second kappa shape index (κ2) is 8.81. The maximum atomic E-state index is 13.0. The Hall–Kier alpha value is -2.68. The average molecular weight is 390 g/mol. The van der Waals surface area contributed by atoms with E-state index in [0.29, 0.717) is 12.4 Å². The lowest BCUT2D eigenvalue weighted by atomic mass is 9.99. The fourth-order valence-electron chi connectivity index (χ4n) is 2.96. The number of anilines is 1. The molecule has 7 nitrogen and oxygen atoms in total. The van der Waals surface area contributed by atoms with Gasteiger partial charge in [0.05, 0.1) is 12.5 Å². The van der Waals surface area contributed by atoms with Crippen molar-refractivity contribution in [1.29, 1.82) is 0 Å². The summed E-state index contributed by atoms with van der Waals surface area (Å²) in [7, 11) is 0. The van der Waals surface area contributed by atoms with E-state index in [2.05, 4.69) is 14.9 Å². The summed E-state index contributed by atoms with van der Waals surface area (Å²) in [6.07, 6.45) is 2.21. The molecule has 2 heterocycles. The number of aromatic nitrogens is 1. The number of nitrogens with two attached hydrogens (primary N) is 2. The van der Waals surface area contributed by atoms with Crippen LogP contribution in [0.15, 0.2) is 40.8 Å². The van der Waals surface area contributed by atoms with E-state index in [1.807, 2.05) is 10.3 Å². The Balaban J connectivity index is 1.54. The first-order valence-electron chi connectivity index (χ1n) is 8.76. The number of guanidine groups is 1. The molecule has 1 fully saturated rings. The van der Waals surface area contributed by atoms with Crippen LogP contribution >= 0.6 is 11.3 Å². The van der Waals surface area contributed by atoms with Gasteiger partial charge in [0.1, 0.15) is 5.82 Å². The first-order valence-corrected chi connectivity index (χ1v) is 9.64. The molecule has 3 rings (SSSR count).